The fourth-order valence-electron chi connectivity index (χ4n) is 4.88. The number of amides is 1. The number of benzene rings is 1. The molecule has 1 saturated heterocycles. The molecule has 4 heterocycles. The summed E-state index contributed by atoms with van der Waals surface area (Å²) >= 11 is 0. The first kappa shape index (κ1) is 28.1. The van der Waals surface area contributed by atoms with Gasteiger partial charge in [0.05, 0.1) is 16.6 Å². The molecule has 208 valence electrons. The van der Waals surface area contributed by atoms with Gasteiger partial charge < -0.3 is 14.6 Å². The number of para-hydroxylation sites is 1. The molecular weight excluding hydrogens is 513 g/mol. The van der Waals surface area contributed by atoms with E-state index in [0.717, 1.165) is 48.1 Å². The van der Waals surface area contributed by atoms with E-state index < -0.39 is 12.1 Å². The molecule has 1 aliphatic heterocycles. The zero-order chi connectivity index (χ0) is 28.5. The number of rotatable bonds is 4. The Labute approximate surface area is 223 Å². The minimum Gasteiger partial charge on any atom is -0.475 e. The molecule has 0 atom stereocenters. The number of piperazine rings is 1. The Hall–Kier alpha value is -3.93. The fraction of sp³-hybridized carbons (Fsp3) is 0.407. The third-order valence-corrected chi connectivity index (χ3v) is 6.72. The van der Waals surface area contributed by atoms with Gasteiger partial charge in [0.25, 0.3) is 5.91 Å². The summed E-state index contributed by atoms with van der Waals surface area (Å²) in [5.74, 6) is -2.19. The first-order valence-electron chi connectivity index (χ1n) is 12.7. The van der Waals surface area contributed by atoms with E-state index in [4.69, 9.17) is 9.90 Å². The molecular formula is C27H31F3N6O3. The molecule has 9 nitrogen and oxygen atoms in total. The third-order valence-electron chi connectivity index (χ3n) is 6.72. The minimum atomic E-state index is -5.08. The van der Waals surface area contributed by atoms with Crippen LogP contribution in [0.3, 0.4) is 0 Å². The molecule has 3 aromatic heterocycles. The number of hydrogen-bond donors (Lipinski definition) is 1. The van der Waals surface area contributed by atoms with Crippen molar-refractivity contribution in [2.24, 2.45) is 0 Å². The zero-order valence-corrected chi connectivity index (χ0v) is 22.2. The number of aromatic nitrogens is 4. The molecule has 1 N–H and O–H groups in total. The van der Waals surface area contributed by atoms with Gasteiger partial charge in [-0.15, -0.1) is 0 Å². The van der Waals surface area contributed by atoms with Crippen LogP contribution in [0.25, 0.3) is 27.9 Å². The van der Waals surface area contributed by atoms with Crippen molar-refractivity contribution < 1.29 is 27.9 Å². The summed E-state index contributed by atoms with van der Waals surface area (Å²) < 4.78 is 36.0. The maximum Gasteiger partial charge on any atom is 0.490 e. The lowest BCUT2D eigenvalue weighted by molar-refractivity contribution is -0.192. The Bertz CT molecular complexity index is 1470. The molecule has 0 aliphatic carbocycles. The van der Waals surface area contributed by atoms with Gasteiger partial charge in [-0.05, 0) is 45.9 Å². The number of nitrogens with zero attached hydrogens (tertiary/aromatic N) is 6. The number of halogens is 3. The average molecular weight is 545 g/mol. The Morgan fingerprint density at radius 3 is 2.03 bits per heavy atom. The van der Waals surface area contributed by atoms with Crippen LogP contribution in [-0.2, 0) is 4.79 Å². The number of aliphatic carboxylic acids is 1. The van der Waals surface area contributed by atoms with E-state index in [0.29, 0.717) is 17.7 Å². The molecule has 0 radical (unpaired) electrons. The number of alkyl halides is 3. The first-order valence-corrected chi connectivity index (χ1v) is 12.7. The molecule has 12 heteroatoms. The van der Waals surface area contributed by atoms with Gasteiger partial charge in [-0.3, -0.25) is 14.3 Å². The maximum atomic E-state index is 13.8. The SMILES string of the molecule is CC(C)N1CCN(C(=O)c2cc3c(c4ccccc4n3C(C)C)n2-c2ncccn2)CC1.O=C(O)C(F)(F)F. The van der Waals surface area contributed by atoms with Gasteiger partial charge in [0.15, 0.2) is 0 Å². The van der Waals surface area contributed by atoms with Crippen LogP contribution in [0.5, 0.6) is 0 Å². The fourth-order valence-corrected chi connectivity index (χ4v) is 4.88. The number of carbonyl (C=O) groups is 2. The van der Waals surface area contributed by atoms with Gasteiger partial charge in [-0.1, -0.05) is 18.2 Å². The van der Waals surface area contributed by atoms with Gasteiger partial charge in [0.2, 0.25) is 5.95 Å². The van der Waals surface area contributed by atoms with E-state index in [1.807, 2.05) is 21.6 Å². The molecule has 1 fully saturated rings. The third kappa shape index (κ3) is 5.60. The lowest BCUT2D eigenvalue weighted by Crippen LogP contribution is -2.51. The smallest absolute Gasteiger partial charge is 0.475 e. The molecule has 39 heavy (non-hydrogen) atoms. The van der Waals surface area contributed by atoms with Crippen molar-refractivity contribution in [1.29, 1.82) is 0 Å². The Morgan fingerprint density at radius 2 is 1.49 bits per heavy atom. The number of carboxylic acids is 1. The number of hydrogen-bond acceptors (Lipinski definition) is 5. The first-order chi connectivity index (χ1) is 18.4. The van der Waals surface area contributed by atoms with Crippen LogP contribution in [-0.4, -0.2) is 84.3 Å². The number of carbonyl (C=O) groups excluding carboxylic acids is 1. The van der Waals surface area contributed by atoms with Gasteiger partial charge >= 0.3 is 12.1 Å². The highest BCUT2D eigenvalue weighted by molar-refractivity contribution is 6.11. The van der Waals surface area contributed by atoms with E-state index in [9.17, 15) is 18.0 Å². The van der Waals surface area contributed by atoms with Crippen LogP contribution in [0.4, 0.5) is 13.2 Å². The van der Waals surface area contributed by atoms with Crippen molar-refractivity contribution >= 4 is 33.8 Å². The minimum absolute atomic E-state index is 0.0384. The van der Waals surface area contributed by atoms with Gasteiger partial charge in [-0.2, -0.15) is 13.2 Å². The van der Waals surface area contributed by atoms with Crippen molar-refractivity contribution in [1.82, 2.24) is 28.9 Å². The standard InChI is InChI=1S/C25H30N6O.C2HF3O2/c1-17(2)28-12-14-29(15-13-28)24(32)22-16-21-23(31(22)25-26-10-7-11-27-25)19-8-5-6-9-20(19)30(21)18(3)4;3-2(4,5)1(6)7/h5-11,16-18H,12-15H2,1-4H3;(H,6,7). The molecule has 0 bridgehead atoms. The highest BCUT2D eigenvalue weighted by Gasteiger charge is 2.38. The second-order valence-electron chi connectivity index (χ2n) is 9.85. The topological polar surface area (TPSA) is 96.5 Å². The quantitative estimate of drug-likeness (QED) is 0.398. The van der Waals surface area contributed by atoms with E-state index in [1.54, 1.807) is 18.5 Å². The molecule has 5 rings (SSSR count). The maximum absolute atomic E-state index is 13.8. The molecule has 4 aromatic rings. The summed E-state index contributed by atoms with van der Waals surface area (Å²) in [4.78, 5) is 36.1. The largest absolute Gasteiger partial charge is 0.490 e. The Kier molecular flexibility index (Phi) is 7.96. The summed E-state index contributed by atoms with van der Waals surface area (Å²) in [5, 5.41) is 8.23. The molecule has 1 aliphatic rings. The molecule has 0 saturated carbocycles. The van der Waals surface area contributed by atoms with Crippen molar-refractivity contribution in [2.45, 2.75) is 46.0 Å². The molecule has 0 unspecified atom stereocenters. The van der Waals surface area contributed by atoms with Crippen LogP contribution in [0, 0.1) is 0 Å². The van der Waals surface area contributed by atoms with Crippen LogP contribution in [0.15, 0.2) is 48.8 Å². The summed E-state index contributed by atoms with van der Waals surface area (Å²) in [7, 11) is 0. The number of fused-ring (bicyclic) bond motifs is 3. The predicted octanol–water partition coefficient (Wildman–Crippen LogP) is 4.76. The number of carboxylic acid groups (broad SMARTS) is 1. The second-order valence-corrected chi connectivity index (χ2v) is 9.85. The van der Waals surface area contributed by atoms with E-state index >= 15 is 0 Å². The summed E-state index contributed by atoms with van der Waals surface area (Å²) in [6.45, 7) is 12.0. The van der Waals surface area contributed by atoms with Crippen molar-refractivity contribution in [3.8, 4) is 5.95 Å². The average Bonchev–Trinajstić information content (AvgIpc) is 3.43. The summed E-state index contributed by atoms with van der Waals surface area (Å²) in [5.41, 5.74) is 3.81. The normalized spacial score (nSPS) is 14.7. The monoisotopic (exact) mass is 544 g/mol. The second kappa shape index (κ2) is 11.0. The van der Waals surface area contributed by atoms with Gasteiger partial charge in [0, 0.05) is 56.0 Å². The van der Waals surface area contributed by atoms with Crippen LogP contribution < -0.4 is 0 Å². The highest BCUT2D eigenvalue weighted by Crippen LogP contribution is 2.35. The van der Waals surface area contributed by atoms with E-state index in [1.165, 1.54) is 0 Å². The Balaban J connectivity index is 0.000000448. The lowest BCUT2D eigenvalue weighted by Gasteiger charge is -2.36. The van der Waals surface area contributed by atoms with Gasteiger partial charge in [-0.25, -0.2) is 14.8 Å². The van der Waals surface area contributed by atoms with Crippen molar-refractivity contribution in [3.63, 3.8) is 0 Å². The van der Waals surface area contributed by atoms with E-state index in [2.05, 4.69) is 65.3 Å². The van der Waals surface area contributed by atoms with Crippen molar-refractivity contribution in [2.75, 3.05) is 26.2 Å². The predicted molar refractivity (Wildman–Crippen MR) is 141 cm³/mol. The highest BCUT2D eigenvalue weighted by atomic mass is 19.4. The lowest BCUT2D eigenvalue weighted by atomic mass is 10.2. The van der Waals surface area contributed by atoms with Gasteiger partial charge in [0.1, 0.15) is 5.69 Å². The van der Waals surface area contributed by atoms with Crippen molar-refractivity contribution in [3.05, 3.63) is 54.5 Å². The van der Waals surface area contributed by atoms with E-state index in [-0.39, 0.29) is 11.9 Å². The summed E-state index contributed by atoms with van der Waals surface area (Å²) in [6.07, 6.45) is -1.63. The molecule has 1 aromatic carbocycles. The molecule has 1 amide bonds. The zero-order valence-electron chi connectivity index (χ0n) is 22.2. The summed E-state index contributed by atoms with van der Waals surface area (Å²) in [6, 6.07) is 12.9. The van der Waals surface area contributed by atoms with Crippen LogP contribution >= 0.6 is 0 Å². The molecule has 0 spiro atoms. The van der Waals surface area contributed by atoms with Crippen LogP contribution in [0.1, 0.15) is 44.2 Å². The van der Waals surface area contributed by atoms with Crippen LogP contribution in [0.2, 0.25) is 0 Å². The Morgan fingerprint density at radius 1 is 0.897 bits per heavy atom.